The topological polar surface area (TPSA) is 159 Å². The largest absolute Gasteiger partial charge is 0.356 e. The molecule has 2 aromatic carbocycles. The lowest BCUT2D eigenvalue weighted by Crippen LogP contribution is -2.56. The third-order valence-electron chi connectivity index (χ3n) is 7.49. The molecule has 4 N–H and O–H groups in total. The molecule has 0 spiro atoms. The van der Waals surface area contributed by atoms with Crippen LogP contribution in [-0.4, -0.2) is 64.6 Å². The minimum atomic E-state index is -1.05. The van der Waals surface area contributed by atoms with Crippen molar-refractivity contribution in [2.45, 2.75) is 64.1 Å². The molecule has 2 heterocycles. The van der Waals surface area contributed by atoms with Gasteiger partial charge in [0.05, 0.1) is 12.2 Å². The van der Waals surface area contributed by atoms with Crippen LogP contribution in [0.2, 0.25) is 0 Å². The van der Waals surface area contributed by atoms with Crippen molar-refractivity contribution in [2.75, 3.05) is 6.54 Å². The predicted molar refractivity (Wildman–Crippen MR) is 161 cm³/mol. The number of carbonyl (C=O) groups excluding carboxylic acids is 5. The molecule has 0 bridgehead atoms. The van der Waals surface area contributed by atoms with Gasteiger partial charge < -0.3 is 26.1 Å². The number of hydrogen-bond acceptors (Lipinski definition) is 7. The number of fused-ring (bicyclic) bond motifs is 1. The molecule has 0 saturated carbocycles. The number of nitrogens with zero attached hydrogens (tertiary/aromatic N) is 2. The zero-order valence-corrected chi connectivity index (χ0v) is 24.4. The summed E-state index contributed by atoms with van der Waals surface area (Å²) in [4.78, 5) is 72.3. The Bertz CT molecular complexity index is 1440. The van der Waals surface area contributed by atoms with E-state index in [1.807, 2.05) is 56.3 Å². The Labute approximate surface area is 250 Å². The molecule has 3 aromatic rings. The van der Waals surface area contributed by atoms with Gasteiger partial charge in [-0.3, -0.25) is 24.2 Å². The highest BCUT2D eigenvalue weighted by molar-refractivity contribution is 5.98. The zero-order valence-electron chi connectivity index (χ0n) is 24.4. The van der Waals surface area contributed by atoms with E-state index in [9.17, 15) is 24.0 Å². The second-order valence-corrected chi connectivity index (χ2v) is 11.3. The first kappa shape index (κ1) is 31.3. The molecule has 226 valence electrons. The molecular formula is C32H38N6O5. The first-order valence-electron chi connectivity index (χ1n) is 14.6. The van der Waals surface area contributed by atoms with Crippen molar-refractivity contribution in [1.29, 1.82) is 0 Å². The minimum Gasteiger partial charge on any atom is -0.356 e. The number of rotatable bonds is 13. The highest BCUT2D eigenvalue weighted by Gasteiger charge is 2.31. The number of aromatic nitrogens is 2. The van der Waals surface area contributed by atoms with Gasteiger partial charge in [0.2, 0.25) is 17.7 Å². The number of benzene rings is 2. The molecule has 0 aliphatic carbocycles. The monoisotopic (exact) mass is 586 g/mol. The van der Waals surface area contributed by atoms with Gasteiger partial charge in [-0.15, -0.1) is 0 Å². The summed E-state index contributed by atoms with van der Waals surface area (Å²) in [6.45, 7) is 4.43. The summed E-state index contributed by atoms with van der Waals surface area (Å²) in [5.74, 6) is -2.14. The summed E-state index contributed by atoms with van der Waals surface area (Å²) < 4.78 is 0. The van der Waals surface area contributed by atoms with Crippen molar-refractivity contribution < 1.29 is 24.0 Å². The Morgan fingerprint density at radius 3 is 2.49 bits per heavy atom. The first-order valence-corrected chi connectivity index (χ1v) is 14.6. The molecule has 43 heavy (non-hydrogen) atoms. The molecule has 11 nitrogen and oxygen atoms in total. The van der Waals surface area contributed by atoms with Crippen LogP contribution in [0.25, 0.3) is 10.8 Å². The number of nitrogens with one attached hydrogen (secondary N) is 4. The minimum absolute atomic E-state index is 0.0283. The molecular weight excluding hydrogens is 548 g/mol. The van der Waals surface area contributed by atoms with Gasteiger partial charge >= 0.3 is 0 Å². The third-order valence-corrected chi connectivity index (χ3v) is 7.49. The standard InChI is InChI=1S/C32H38N6O5/c1-20(2)15-26(30(41)36-24(19-39)16-23-10-6-12-35-29(23)40)37-31(42)27(38-32(43)28-18-33-13-14-34-28)17-22-9-5-8-21-7-3-4-11-25(21)22/h3-5,7-9,11,13-14,18-20,23-24,26-27H,6,10,12,15-17H2,1-2H3,(H,35,40)(H,36,41)(H,37,42)(H,38,43). The lowest BCUT2D eigenvalue weighted by Gasteiger charge is -2.27. The van der Waals surface area contributed by atoms with Gasteiger partial charge in [0, 0.05) is 31.3 Å². The number of piperidine rings is 1. The maximum Gasteiger partial charge on any atom is 0.272 e. The Morgan fingerprint density at radius 1 is 1.00 bits per heavy atom. The SMILES string of the molecule is CC(C)CC(NC(=O)C(Cc1cccc2ccccc12)NC(=O)c1cnccn1)C(=O)NC(C=O)CC1CCCNC1=O. The summed E-state index contributed by atoms with van der Waals surface area (Å²) in [6, 6.07) is 10.6. The first-order chi connectivity index (χ1) is 20.7. The fourth-order valence-corrected chi connectivity index (χ4v) is 5.32. The quantitative estimate of drug-likeness (QED) is 0.223. The molecule has 4 rings (SSSR count). The highest BCUT2D eigenvalue weighted by Crippen LogP contribution is 2.21. The fourth-order valence-electron chi connectivity index (χ4n) is 5.32. The predicted octanol–water partition coefficient (Wildman–Crippen LogP) is 2.10. The molecule has 4 unspecified atom stereocenters. The van der Waals surface area contributed by atoms with Crippen molar-refractivity contribution in [3.8, 4) is 0 Å². The van der Waals surface area contributed by atoms with Gasteiger partial charge in [-0.05, 0) is 47.9 Å². The molecule has 4 atom stereocenters. The van der Waals surface area contributed by atoms with E-state index in [4.69, 9.17) is 0 Å². The number of hydrogen-bond donors (Lipinski definition) is 4. The second-order valence-electron chi connectivity index (χ2n) is 11.3. The van der Waals surface area contributed by atoms with Crippen LogP contribution < -0.4 is 21.3 Å². The number of carbonyl (C=O) groups is 5. The smallest absolute Gasteiger partial charge is 0.272 e. The molecule has 1 aliphatic heterocycles. The van der Waals surface area contributed by atoms with Crippen LogP contribution >= 0.6 is 0 Å². The van der Waals surface area contributed by atoms with Gasteiger partial charge in [0.1, 0.15) is 24.1 Å². The molecule has 1 fully saturated rings. The Kier molecular flexibility index (Phi) is 10.9. The zero-order chi connectivity index (χ0) is 30.8. The van der Waals surface area contributed by atoms with E-state index in [-0.39, 0.29) is 36.3 Å². The Hall–Kier alpha value is -4.67. The van der Waals surface area contributed by atoms with E-state index in [2.05, 4.69) is 31.2 Å². The van der Waals surface area contributed by atoms with Crippen LogP contribution in [0.3, 0.4) is 0 Å². The van der Waals surface area contributed by atoms with Crippen molar-refractivity contribution in [2.24, 2.45) is 11.8 Å². The average molecular weight is 587 g/mol. The molecule has 1 aliphatic rings. The van der Waals surface area contributed by atoms with E-state index in [0.29, 0.717) is 25.7 Å². The van der Waals surface area contributed by atoms with Crippen LogP contribution in [0, 0.1) is 11.8 Å². The molecule has 11 heteroatoms. The average Bonchev–Trinajstić information content (AvgIpc) is 3.01. The summed E-state index contributed by atoms with van der Waals surface area (Å²) in [7, 11) is 0. The van der Waals surface area contributed by atoms with Gasteiger partial charge in [-0.1, -0.05) is 56.3 Å². The summed E-state index contributed by atoms with van der Waals surface area (Å²) in [5, 5.41) is 13.0. The lowest BCUT2D eigenvalue weighted by molar-refractivity contribution is -0.132. The van der Waals surface area contributed by atoms with E-state index in [0.717, 1.165) is 22.8 Å². The van der Waals surface area contributed by atoms with Crippen molar-refractivity contribution >= 4 is 40.7 Å². The van der Waals surface area contributed by atoms with Crippen molar-refractivity contribution in [3.63, 3.8) is 0 Å². The summed E-state index contributed by atoms with van der Waals surface area (Å²) in [6.07, 6.45) is 6.84. The van der Waals surface area contributed by atoms with Crippen molar-refractivity contribution in [3.05, 3.63) is 72.3 Å². The molecule has 0 radical (unpaired) electrons. The lowest BCUT2D eigenvalue weighted by atomic mass is 9.91. The van der Waals surface area contributed by atoms with Gasteiger partial charge in [0.15, 0.2) is 0 Å². The highest BCUT2D eigenvalue weighted by atomic mass is 16.2. The van der Waals surface area contributed by atoms with E-state index < -0.39 is 35.8 Å². The van der Waals surface area contributed by atoms with Crippen LogP contribution in [0.15, 0.2) is 61.1 Å². The van der Waals surface area contributed by atoms with Gasteiger partial charge in [0.25, 0.3) is 5.91 Å². The van der Waals surface area contributed by atoms with Crippen molar-refractivity contribution in [1.82, 2.24) is 31.2 Å². The summed E-state index contributed by atoms with van der Waals surface area (Å²) >= 11 is 0. The molecule has 1 saturated heterocycles. The number of aldehydes is 1. The van der Waals surface area contributed by atoms with Crippen LogP contribution in [-0.2, 0) is 25.6 Å². The van der Waals surface area contributed by atoms with Crippen LogP contribution in [0.4, 0.5) is 0 Å². The van der Waals surface area contributed by atoms with Gasteiger partial charge in [-0.25, -0.2) is 4.98 Å². The Morgan fingerprint density at radius 2 is 1.77 bits per heavy atom. The van der Waals surface area contributed by atoms with Crippen LogP contribution in [0.5, 0.6) is 0 Å². The fraction of sp³-hybridized carbons (Fsp3) is 0.406. The maximum absolute atomic E-state index is 13.8. The number of amides is 4. The maximum atomic E-state index is 13.8. The third kappa shape index (κ3) is 8.67. The normalized spacial score (nSPS) is 16.9. The summed E-state index contributed by atoms with van der Waals surface area (Å²) in [5.41, 5.74) is 0.893. The van der Waals surface area contributed by atoms with Crippen LogP contribution in [0.1, 0.15) is 55.6 Å². The second kappa shape index (κ2) is 15.0. The Balaban J connectivity index is 1.54. The molecule has 4 amide bonds. The van der Waals surface area contributed by atoms with E-state index in [1.165, 1.54) is 18.6 Å². The van der Waals surface area contributed by atoms with E-state index >= 15 is 0 Å². The van der Waals surface area contributed by atoms with Gasteiger partial charge in [-0.2, -0.15) is 0 Å². The molecule has 1 aromatic heterocycles. The van der Waals surface area contributed by atoms with E-state index in [1.54, 1.807) is 0 Å².